The number of nitrogens with zero attached hydrogens (tertiary/aromatic N) is 4. The molecule has 1 aliphatic heterocycles. The molecule has 4 aromatic rings. The summed E-state index contributed by atoms with van der Waals surface area (Å²) in [5.41, 5.74) is 2.58. The largest absolute Gasteiger partial charge is 0.573 e. The van der Waals surface area contributed by atoms with Gasteiger partial charge in [0.2, 0.25) is 5.95 Å². The van der Waals surface area contributed by atoms with Crippen molar-refractivity contribution in [3.8, 4) is 5.75 Å². The monoisotopic (exact) mass is 548 g/mol. The molecule has 202 valence electrons. The Morgan fingerprint density at radius 3 is 2.66 bits per heavy atom. The molecule has 2 aromatic heterocycles. The van der Waals surface area contributed by atoms with E-state index in [0.29, 0.717) is 45.5 Å². The van der Waals surface area contributed by atoms with E-state index in [1.807, 2.05) is 6.07 Å². The Bertz CT molecular complexity index is 1450. The highest BCUT2D eigenvalue weighted by Crippen LogP contribution is 2.36. The van der Waals surface area contributed by atoms with Crippen LogP contribution in [0.25, 0.3) is 21.3 Å². The van der Waals surface area contributed by atoms with Gasteiger partial charge in [0.15, 0.2) is 5.13 Å². The number of likely N-dealkylation sites (tertiary alicyclic amines) is 1. The maximum Gasteiger partial charge on any atom is 0.573 e. The molecule has 13 heteroatoms. The Kier molecular flexibility index (Phi) is 7.41. The summed E-state index contributed by atoms with van der Waals surface area (Å²) < 4.78 is 49.7. The highest BCUT2D eigenvalue weighted by atomic mass is 32.1. The lowest BCUT2D eigenvalue weighted by atomic mass is 10.0. The van der Waals surface area contributed by atoms with Gasteiger partial charge < -0.3 is 29.6 Å². The number of rotatable bonds is 8. The first-order valence-electron chi connectivity index (χ1n) is 12.1. The van der Waals surface area contributed by atoms with Crippen molar-refractivity contribution in [2.75, 3.05) is 45.7 Å². The zero-order chi connectivity index (χ0) is 26.9. The van der Waals surface area contributed by atoms with Gasteiger partial charge in [-0.3, -0.25) is 4.79 Å². The van der Waals surface area contributed by atoms with Crippen LogP contribution >= 0.6 is 11.3 Å². The van der Waals surface area contributed by atoms with Crippen LogP contribution in [0.3, 0.4) is 0 Å². The topological polar surface area (TPSA) is 93.5 Å². The van der Waals surface area contributed by atoms with Crippen LogP contribution in [0.2, 0.25) is 0 Å². The number of imidazole rings is 1. The summed E-state index contributed by atoms with van der Waals surface area (Å²) in [7, 11) is 3.66. The summed E-state index contributed by atoms with van der Waals surface area (Å²) in [4.78, 5) is 24.2. The number of amides is 1. The Hall–Kier alpha value is -3.42. The Labute approximate surface area is 220 Å². The van der Waals surface area contributed by atoms with Crippen molar-refractivity contribution in [3.05, 3.63) is 42.0 Å². The first-order valence-corrected chi connectivity index (χ1v) is 12.9. The van der Waals surface area contributed by atoms with E-state index in [9.17, 15) is 18.0 Å². The maximum atomic E-state index is 12.6. The highest BCUT2D eigenvalue weighted by molar-refractivity contribution is 7.22. The first-order chi connectivity index (χ1) is 18.2. The lowest BCUT2D eigenvalue weighted by Crippen LogP contribution is -2.31. The summed E-state index contributed by atoms with van der Waals surface area (Å²) in [6, 6.07) is 9.67. The summed E-state index contributed by atoms with van der Waals surface area (Å²) >= 11 is 1.21. The fraction of sp³-hybridized carbons (Fsp3) is 0.400. The number of hydrogen-bond donors (Lipinski definition) is 2. The fourth-order valence-corrected chi connectivity index (χ4v) is 5.46. The number of ether oxygens (including phenoxy) is 2. The second kappa shape index (κ2) is 10.8. The molecular formula is C25H27F3N6O3S. The number of fused-ring (bicyclic) bond motifs is 2. The third-order valence-corrected chi connectivity index (χ3v) is 7.34. The van der Waals surface area contributed by atoms with Gasteiger partial charge in [0, 0.05) is 31.3 Å². The number of piperidine rings is 1. The number of nitrogens with one attached hydrogen (secondary N) is 2. The van der Waals surface area contributed by atoms with Crippen molar-refractivity contribution in [2.45, 2.75) is 25.2 Å². The van der Waals surface area contributed by atoms with E-state index in [-0.39, 0.29) is 17.7 Å². The van der Waals surface area contributed by atoms with E-state index in [2.05, 4.69) is 36.9 Å². The van der Waals surface area contributed by atoms with E-state index in [4.69, 9.17) is 9.72 Å². The van der Waals surface area contributed by atoms with E-state index >= 15 is 0 Å². The fourth-order valence-electron chi connectivity index (χ4n) is 4.57. The lowest BCUT2D eigenvalue weighted by Gasteiger charge is -2.31. The molecule has 0 saturated carbocycles. The van der Waals surface area contributed by atoms with E-state index in [1.165, 1.54) is 29.5 Å². The summed E-state index contributed by atoms with van der Waals surface area (Å²) in [6.07, 6.45) is -2.92. The van der Waals surface area contributed by atoms with Crippen LogP contribution in [0.4, 0.5) is 24.3 Å². The predicted molar refractivity (Wildman–Crippen MR) is 139 cm³/mol. The van der Waals surface area contributed by atoms with Crippen molar-refractivity contribution in [1.29, 1.82) is 0 Å². The van der Waals surface area contributed by atoms with Crippen molar-refractivity contribution in [2.24, 2.45) is 0 Å². The minimum atomic E-state index is -4.77. The van der Waals surface area contributed by atoms with E-state index < -0.39 is 6.36 Å². The molecule has 1 aliphatic rings. The average Bonchev–Trinajstić information content (AvgIpc) is 3.43. The molecule has 3 heterocycles. The van der Waals surface area contributed by atoms with Crippen molar-refractivity contribution in [3.63, 3.8) is 0 Å². The van der Waals surface area contributed by atoms with Gasteiger partial charge in [-0.15, -0.1) is 13.2 Å². The molecule has 2 aromatic carbocycles. The molecule has 0 aliphatic carbocycles. The molecule has 5 rings (SSSR count). The van der Waals surface area contributed by atoms with Crippen molar-refractivity contribution in [1.82, 2.24) is 24.8 Å². The maximum absolute atomic E-state index is 12.6. The van der Waals surface area contributed by atoms with Crippen LogP contribution in [0, 0.1) is 0 Å². The molecule has 1 saturated heterocycles. The molecule has 38 heavy (non-hydrogen) atoms. The quantitative estimate of drug-likeness (QED) is 0.302. The van der Waals surface area contributed by atoms with Gasteiger partial charge in [0.25, 0.3) is 5.91 Å². The second-order valence-electron chi connectivity index (χ2n) is 9.11. The Morgan fingerprint density at radius 2 is 1.92 bits per heavy atom. The van der Waals surface area contributed by atoms with Crippen LogP contribution < -0.4 is 15.4 Å². The predicted octanol–water partition coefficient (Wildman–Crippen LogP) is 4.93. The molecule has 9 nitrogen and oxygen atoms in total. The number of hydrogen-bond acceptors (Lipinski definition) is 8. The normalized spacial score (nSPS) is 15.3. The van der Waals surface area contributed by atoms with Crippen LogP contribution in [0.1, 0.15) is 29.2 Å². The first kappa shape index (κ1) is 26.2. The van der Waals surface area contributed by atoms with E-state index in [1.54, 1.807) is 19.2 Å². The number of thiazole rings is 1. The van der Waals surface area contributed by atoms with Gasteiger partial charge >= 0.3 is 6.36 Å². The van der Waals surface area contributed by atoms with Crippen molar-refractivity contribution >= 4 is 49.6 Å². The Morgan fingerprint density at radius 1 is 1.13 bits per heavy atom. The third kappa shape index (κ3) is 5.84. The number of methoxy groups -OCH3 is 1. The zero-order valence-electron chi connectivity index (χ0n) is 20.8. The van der Waals surface area contributed by atoms with Crippen LogP contribution in [0.15, 0.2) is 36.4 Å². The van der Waals surface area contributed by atoms with Gasteiger partial charge in [0.05, 0.1) is 27.9 Å². The highest BCUT2D eigenvalue weighted by Gasteiger charge is 2.31. The van der Waals surface area contributed by atoms with Crippen LogP contribution in [-0.4, -0.2) is 72.1 Å². The molecular weight excluding hydrogens is 521 g/mol. The number of carbonyl (C=O) groups excluding carboxylic acids is 1. The molecule has 0 bridgehead atoms. The molecule has 0 spiro atoms. The van der Waals surface area contributed by atoms with Crippen LogP contribution in [-0.2, 0) is 4.74 Å². The van der Waals surface area contributed by atoms with Gasteiger partial charge in [-0.25, -0.2) is 9.97 Å². The number of halogens is 3. The molecule has 2 N–H and O–H groups in total. The second-order valence-corrected chi connectivity index (χ2v) is 10.1. The number of anilines is 2. The molecule has 0 radical (unpaired) electrons. The number of benzene rings is 2. The van der Waals surface area contributed by atoms with Gasteiger partial charge in [-0.05, 0) is 63.3 Å². The summed E-state index contributed by atoms with van der Waals surface area (Å²) in [5, 5.41) is 6.59. The third-order valence-electron chi connectivity index (χ3n) is 6.41. The smallest absolute Gasteiger partial charge is 0.406 e. The number of alkyl halides is 3. The minimum Gasteiger partial charge on any atom is -0.406 e. The molecule has 1 amide bonds. The minimum absolute atomic E-state index is 0.182. The Balaban J connectivity index is 1.48. The van der Waals surface area contributed by atoms with E-state index in [0.717, 1.165) is 31.4 Å². The number of carbonyl (C=O) groups is 1. The average molecular weight is 549 g/mol. The van der Waals surface area contributed by atoms with Gasteiger partial charge in [0.1, 0.15) is 5.75 Å². The van der Waals surface area contributed by atoms with Gasteiger partial charge in [-0.2, -0.15) is 0 Å². The summed E-state index contributed by atoms with van der Waals surface area (Å²) in [5.74, 6) is 0.0581. The zero-order valence-corrected chi connectivity index (χ0v) is 21.7. The molecule has 1 fully saturated rings. The summed E-state index contributed by atoms with van der Waals surface area (Å²) in [6.45, 7) is 2.69. The lowest BCUT2D eigenvalue weighted by molar-refractivity contribution is -0.274. The SMILES string of the molecule is COCCNC(=O)c1ccc2c(c1)nc(Nc1nc3ccc(OC(F)(F)F)cc3s1)n2C1CCN(C)CC1. The standard InChI is InChI=1S/C25H27F3N6O3S/c1-33-10-7-16(8-11-33)34-20-6-3-15(22(35)29-9-12-36-2)13-19(20)30-23(34)32-24-31-18-5-4-17(14-21(18)38-24)37-25(26,27)28/h3-6,13-14,16H,7-12H2,1-2H3,(H,29,35)(H,30,31,32). The molecule has 0 atom stereocenters. The van der Waals surface area contributed by atoms with Gasteiger partial charge in [-0.1, -0.05) is 11.3 Å². The van der Waals surface area contributed by atoms with Crippen molar-refractivity contribution < 1.29 is 27.4 Å². The van der Waals surface area contributed by atoms with Crippen LogP contribution in [0.5, 0.6) is 5.75 Å². The molecule has 0 unspecified atom stereocenters. The number of aromatic nitrogens is 3.